The van der Waals surface area contributed by atoms with Crippen molar-refractivity contribution in [3.63, 3.8) is 0 Å². The van der Waals surface area contributed by atoms with Gasteiger partial charge in [0.05, 0.1) is 11.7 Å². The fourth-order valence-electron chi connectivity index (χ4n) is 2.54. The predicted molar refractivity (Wildman–Crippen MR) is 90.5 cm³/mol. The van der Waals surface area contributed by atoms with E-state index in [4.69, 9.17) is 9.47 Å². The number of ether oxygens (including phenoxy) is 2. The Labute approximate surface area is 143 Å². The van der Waals surface area contributed by atoms with Crippen molar-refractivity contribution in [2.75, 3.05) is 6.79 Å². The van der Waals surface area contributed by atoms with E-state index in [1.165, 1.54) is 0 Å². The molecule has 0 saturated heterocycles. The maximum atomic E-state index is 12.3. The Kier molecular flexibility index (Phi) is 3.77. The molecule has 0 unspecified atom stereocenters. The summed E-state index contributed by atoms with van der Waals surface area (Å²) < 4.78 is 12.1. The summed E-state index contributed by atoms with van der Waals surface area (Å²) in [5, 5.41) is 12.1. The SMILES string of the molecule is C[C@@H](C(=O)N/N=C\c1ccc2c(c1)OCO2)n1nnc2ccccc21. The van der Waals surface area contributed by atoms with Crippen molar-refractivity contribution < 1.29 is 14.3 Å². The summed E-state index contributed by atoms with van der Waals surface area (Å²) in [5.74, 6) is 1.08. The van der Waals surface area contributed by atoms with E-state index in [-0.39, 0.29) is 12.7 Å². The maximum absolute atomic E-state index is 12.3. The number of nitrogens with one attached hydrogen (secondary N) is 1. The molecule has 25 heavy (non-hydrogen) atoms. The summed E-state index contributed by atoms with van der Waals surface area (Å²) in [5.41, 5.74) is 4.85. The molecule has 1 N–H and O–H groups in total. The first kappa shape index (κ1) is 15.1. The molecule has 0 spiro atoms. The van der Waals surface area contributed by atoms with Gasteiger partial charge in [0.25, 0.3) is 5.91 Å². The quantitative estimate of drug-likeness (QED) is 0.580. The summed E-state index contributed by atoms with van der Waals surface area (Å²) in [7, 11) is 0. The van der Waals surface area contributed by atoms with E-state index in [9.17, 15) is 4.79 Å². The maximum Gasteiger partial charge on any atom is 0.264 e. The number of hydrazone groups is 1. The van der Waals surface area contributed by atoms with E-state index in [0.717, 1.165) is 16.6 Å². The second kappa shape index (κ2) is 6.23. The zero-order valence-electron chi connectivity index (χ0n) is 13.4. The summed E-state index contributed by atoms with van der Waals surface area (Å²) in [6, 6.07) is 12.4. The number of nitrogens with zero attached hydrogens (tertiary/aromatic N) is 4. The molecule has 8 nitrogen and oxygen atoms in total. The first-order valence-electron chi connectivity index (χ1n) is 7.75. The Bertz CT molecular complexity index is 966. The minimum absolute atomic E-state index is 0.218. The van der Waals surface area contributed by atoms with Gasteiger partial charge in [0.15, 0.2) is 11.5 Å². The smallest absolute Gasteiger partial charge is 0.264 e. The molecule has 1 aliphatic rings. The first-order valence-corrected chi connectivity index (χ1v) is 7.75. The lowest BCUT2D eigenvalue weighted by Gasteiger charge is -2.10. The average Bonchev–Trinajstić information content (AvgIpc) is 3.27. The van der Waals surface area contributed by atoms with Gasteiger partial charge in [0, 0.05) is 0 Å². The van der Waals surface area contributed by atoms with Crippen molar-refractivity contribution >= 4 is 23.2 Å². The summed E-state index contributed by atoms with van der Waals surface area (Å²) in [6.07, 6.45) is 1.55. The van der Waals surface area contributed by atoms with Crippen LogP contribution in [0.15, 0.2) is 47.6 Å². The standard InChI is InChI=1S/C17H15N5O3/c1-11(22-14-5-3-2-4-13(14)19-21-22)17(23)20-18-9-12-6-7-15-16(8-12)25-10-24-15/h2-9,11H,10H2,1H3,(H,20,23)/b18-9-/t11-/m0/s1. The van der Waals surface area contributed by atoms with Crippen molar-refractivity contribution in [1.29, 1.82) is 0 Å². The monoisotopic (exact) mass is 337 g/mol. The third-order valence-corrected chi connectivity index (χ3v) is 3.91. The number of rotatable bonds is 4. The number of amides is 1. The highest BCUT2D eigenvalue weighted by molar-refractivity contribution is 5.85. The number of aromatic nitrogens is 3. The van der Waals surface area contributed by atoms with Crippen LogP contribution in [0.1, 0.15) is 18.5 Å². The van der Waals surface area contributed by atoms with Crippen LogP contribution in [0.5, 0.6) is 11.5 Å². The molecular formula is C17H15N5O3. The van der Waals surface area contributed by atoms with Gasteiger partial charge in [-0.25, -0.2) is 10.1 Å². The summed E-state index contributed by atoms with van der Waals surface area (Å²) in [4.78, 5) is 12.3. The number of hydrogen-bond donors (Lipinski definition) is 1. The molecule has 0 saturated carbocycles. The molecule has 1 aliphatic heterocycles. The normalized spacial score (nSPS) is 14.1. The minimum Gasteiger partial charge on any atom is -0.454 e. The molecule has 2 heterocycles. The van der Waals surface area contributed by atoms with E-state index in [2.05, 4.69) is 20.8 Å². The number of carbonyl (C=O) groups excluding carboxylic acids is 1. The largest absolute Gasteiger partial charge is 0.454 e. The molecule has 4 rings (SSSR count). The molecule has 0 fully saturated rings. The zero-order valence-corrected chi connectivity index (χ0v) is 13.4. The summed E-state index contributed by atoms with van der Waals surface area (Å²) >= 11 is 0. The Morgan fingerprint density at radius 3 is 3.04 bits per heavy atom. The van der Waals surface area contributed by atoms with Crippen molar-refractivity contribution in [2.24, 2.45) is 5.10 Å². The van der Waals surface area contributed by atoms with E-state index >= 15 is 0 Å². The molecule has 1 amide bonds. The van der Waals surface area contributed by atoms with E-state index in [1.54, 1.807) is 30.0 Å². The molecule has 126 valence electrons. The third-order valence-electron chi connectivity index (χ3n) is 3.91. The Balaban J connectivity index is 1.45. The van der Waals surface area contributed by atoms with Crippen LogP contribution >= 0.6 is 0 Å². The molecule has 0 aliphatic carbocycles. The van der Waals surface area contributed by atoms with Gasteiger partial charge in [-0.05, 0) is 42.8 Å². The Morgan fingerprint density at radius 1 is 1.28 bits per heavy atom. The van der Waals surface area contributed by atoms with E-state index < -0.39 is 6.04 Å². The van der Waals surface area contributed by atoms with Gasteiger partial charge >= 0.3 is 0 Å². The van der Waals surface area contributed by atoms with Gasteiger partial charge in [-0.3, -0.25) is 4.79 Å². The van der Waals surface area contributed by atoms with Crippen molar-refractivity contribution in [3.8, 4) is 11.5 Å². The highest BCUT2D eigenvalue weighted by Crippen LogP contribution is 2.31. The first-order chi connectivity index (χ1) is 12.2. The van der Waals surface area contributed by atoms with Crippen LogP contribution in [0, 0.1) is 0 Å². The van der Waals surface area contributed by atoms with Crippen LogP contribution < -0.4 is 14.9 Å². The van der Waals surface area contributed by atoms with E-state index in [1.807, 2.05) is 30.3 Å². The van der Waals surface area contributed by atoms with Gasteiger partial charge in [0.2, 0.25) is 6.79 Å². The lowest BCUT2D eigenvalue weighted by atomic mass is 10.2. The van der Waals surface area contributed by atoms with Crippen LogP contribution in [0.2, 0.25) is 0 Å². The van der Waals surface area contributed by atoms with Crippen molar-refractivity contribution in [1.82, 2.24) is 20.4 Å². The molecule has 0 bridgehead atoms. The third kappa shape index (κ3) is 2.89. The van der Waals surface area contributed by atoms with Gasteiger partial charge in [-0.15, -0.1) is 5.10 Å². The molecule has 8 heteroatoms. The number of fused-ring (bicyclic) bond motifs is 2. The second-order valence-electron chi connectivity index (χ2n) is 5.55. The number of benzene rings is 2. The number of carbonyl (C=O) groups is 1. The zero-order chi connectivity index (χ0) is 17.2. The van der Waals surface area contributed by atoms with Gasteiger partial charge in [-0.1, -0.05) is 17.3 Å². The Morgan fingerprint density at radius 2 is 2.12 bits per heavy atom. The molecular weight excluding hydrogens is 322 g/mol. The lowest BCUT2D eigenvalue weighted by molar-refractivity contribution is -0.124. The lowest BCUT2D eigenvalue weighted by Crippen LogP contribution is -2.28. The number of para-hydroxylation sites is 1. The van der Waals surface area contributed by atoms with Crippen molar-refractivity contribution in [3.05, 3.63) is 48.0 Å². The topological polar surface area (TPSA) is 90.6 Å². The van der Waals surface area contributed by atoms with E-state index in [0.29, 0.717) is 11.5 Å². The summed E-state index contributed by atoms with van der Waals surface area (Å²) in [6.45, 7) is 1.96. The van der Waals surface area contributed by atoms with Crippen LogP contribution in [0.3, 0.4) is 0 Å². The van der Waals surface area contributed by atoms with Gasteiger partial charge < -0.3 is 9.47 Å². The minimum atomic E-state index is -0.540. The average molecular weight is 337 g/mol. The van der Waals surface area contributed by atoms with Gasteiger partial charge in [-0.2, -0.15) is 5.10 Å². The van der Waals surface area contributed by atoms with Crippen LogP contribution in [-0.4, -0.2) is 33.9 Å². The highest BCUT2D eigenvalue weighted by Gasteiger charge is 2.18. The fourth-order valence-corrected chi connectivity index (χ4v) is 2.54. The molecule has 1 aromatic heterocycles. The van der Waals surface area contributed by atoms with Crippen LogP contribution in [0.4, 0.5) is 0 Å². The van der Waals surface area contributed by atoms with Gasteiger partial charge in [0.1, 0.15) is 11.6 Å². The molecule has 0 radical (unpaired) electrons. The molecule has 3 aromatic rings. The van der Waals surface area contributed by atoms with Crippen LogP contribution in [-0.2, 0) is 4.79 Å². The predicted octanol–water partition coefficient (Wildman–Crippen LogP) is 1.87. The highest BCUT2D eigenvalue weighted by atomic mass is 16.7. The fraction of sp³-hybridized carbons (Fsp3) is 0.176. The molecule has 1 atom stereocenters. The van der Waals surface area contributed by atoms with Crippen LogP contribution in [0.25, 0.3) is 11.0 Å². The molecule has 2 aromatic carbocycles. The van der Waals surface area contributed by atoms with Crippen molar-refractivity contribution in [2.45, 2.75) is 13.0 Å². The number of hydrogen-bond acceptors (Lipinski definition) is 6. The Hall–Kier alpha value is -3.42. The second-order valence-corrected chi connectivity index (χ2v) is 5.55.